The summed E-state index contributed by atoms with van der Waals surface area (Å²) < 4.78 is 1.54. The Balaban J connectivity index is 0.00000192. The third kappa shape index (κ3) is 5.35. The van der Waals surface area contributed by atoms with E-state index in [4.69, 9.17) is 0 Å². The quantitative estimate of drug-likeness (QED) is 0.414. The van der Waals surface area contributed by atoms with Gasteiger partial charge < -0.3 is 37.2 Å². The van der Waals surface area contributed by atoms with Gasteiger partial charge in [0, 0.05) is 0 Å². The Bertz CT molecular complexity index is 688. The summed E-state index contributed by atoms with van der Waals surface area (Å²) in [5.41, 5.74) is 3.19. The van der Waals surface area contributed by atoms with Gasteiger partial charge >= 0.3 is 147 Å². The Morgan fingerprint density at radius 3 is 1.68 bits per heavy atom. The average molecular weight is 444 g/mol. The van der Waals surface area contributed by atoms with Crippen LogP contribution >= 0.6 is 0 Å². The van der Waals surface area contributed by atoms with Crippen LogP contribution in [0.1, 0.15) is 26.7 Å². The first-order valence-electron chi connectivity index (χ1n) is 7.96. The van der Waals surface area contributed by atoms with Gasteiger partial charge in [0.25, 0.3) is 0 Å². The van der Waals surface area contributed by atoms with Crippen molar-refractivity contribution >= 4 is 19.2 Å². The number of rotatable bonds is 4. The smallest absolute Gasteiger partial charge is 1.00 e. The summed E-state index contributed by atoms with van der Waals surface area (Å²) in [5, 5.41) is 4.81. The van der Waals surface area contributed by atoms with Gasteiger partial charge in [-0.15, -0.1) is 0 Å². The van der Waals surface area contributed by atoms with E-state index in [1.54, 1.807) is 20.2 Å². The molecular formula is C20H21Cl3SiTi. The molecule has 0 saturated heterocycles. The fourth-order valence-corrected chi connectivity index (χ4v) is 7.97. The molecule has 0 N–H and O–H groups in total. The van der Waals surface area contributed by atoms with Crippen LogP contribution in [-0.2, 0) is 20.4 Å². The van der Waals surface area contributed by atoms with Crippen LogP contribution in [0.4, 0.5) is 0 Å². The van der Waals surface area contributed by atoms with Gasteiger partial charge in [0.2, 0.25) is 0 Å². The minimum atomic E-state index is -1.32. The van der Waals surface area contributed by atoms with Crippen molar-refractivity contribution in [3.8, 4) is 0 Å². The van der Waals surface area contributed by atoms with Gasteiger partial charge in [-0.2, -0.15) is 0 Å². The van der Waals surface area contributed by atoms with E-state index in [0.717, 1.165) is 6.42 Å². The molecule has 0 fully saturated rings. The first-order valence-corrected chi connectivity index (χ1v) is 10.5. The first kappa shape index (κ1) is 24.7. The molecule has 2 aromatic rings. The second-order valence-electron chi connectivity index (χ2n) is 5.94. The largest absolute Gasteiger partial charge is 1.00 e. The summed E-state index contributed by atoms with van der Waals surface area (Å²) in [5.74, 6) is 0. The van der Waals surface area contributed by atoms with E-state index in [9.17, 15) is 0 Å². The summed E-state index contributed by atoms with van der Waals surface area (Å²) in [4.78, 5) is 0. The number of allylic oxidation sites excluding steroid dienone is 4. The standard InChI is InChI=1S/C20H21Si.3ClH.Ti/c1-3-17-14-16(2)15-20(17)21(18-10-6-4-7-11-18)19-12-8-5-9-13-19;;;;/h4-13,21H,3,15H2,1-2H3;3*1H;/q;;;;+3/p-3. The molecule has 0 amide bonds. The Morgan fingerprint density at radius 2 is 1.28 bits per heavy atom. The van der Waals surface area contributed by atoms with Gasteiger partial charge in [-0.3, -0.25) is 0 Å². The van der Waals surface area contributed by atoms with Crippen molar-refractivity contribution in [3.63, 3.8) is 0 Å². The molecule has 1 aliphatic rings. The molecule has 0 radical (unpaired) electrons. The average Bonchev–Trinajstić information content (AvgIpc) is 2.84. The first-order chi connectivity index (χ1) is 10.7. The summed E-state index contributed by atoms with van der Waals surface area (Å²) in [6, 6.07) is 22.3. The monoisotopic (exact) mass is 442 g/mol. The van der Waals surface area contributed by atoms with Gasteiger partial charge in [-0.1, -0.05) is 0 Å². The number of benzene rings is 2. The maximum absolute atomic E-state index is 2.33. The molecular weight excluding hydrogens is 423 g/mol. The van der Waals surface area contributed by atoms with Crippen molar-refractivity contribution in [1.82, 2.24) is 0 Å². The van der Waals surface area contributed by atoms with Crippen LogP contribution in [0, 0.1) is 0 Å². The third-order valence-electron chi connectivity index (χ3n) is 4.54. The molecule has 2 aromatic carbocycles. The Hall–Kier alpha value is -0.279. The van der Waals surface area contributed by atoms with E-state index in [-0.39, 0.29) is 37.2 Å². The van der Waals surface area contributed by atoms with Crippen LogP contribution in [0.5, 0.6) is 0 Å². The minimum Gasteiger partial charge on any atom is -1.00 e. The van der Waals surface area contributed by atoms with E-state index in [1.165, 1.54) is 16.8 Å². The van der Waals surface area contributed by atoms with Crippen LogP contribution in [0.3, 0.4) is 0 Å². The van der Waals surface area contributed by atoms with Crippen LogP contribution in [0.2, 0.25) is 0 Å². The predicted molar refractivity (Wildman–Crippen MR) is 93.9 cm³/mol. The Labute approximate surface area is 183 Å². The van der Waals surface area contributed by atoms with Crippen molar-refractivity contribution in [2.24, 2.45) is 0 Å². The summed E-state index contributed by atoms with van der Waals surface area (Å²) in [6.07, 6.45) is 2.33. The third-order valence-corrected chi connectivity index (χ3v) is 9.03. The second kappa shape index (κ2) is 11.4. The maximum atomic E-state index is 2.33. The van der Waals surface area contributed by atoms with Gasteiger partial charge in [0.05, 0.1) is 0 Å². The van der Waals surface area contributed by atoms with Crippen molar-refractivity contribution in [1.29, 1.82) is 0 Å². The molecule has 0 aliphatic heterocycles. The normalized spacial score (nSPS) is 13.3. The SMILES string of the molecule is CCC1=C([SiH](c2ccccc2)c2ccccc2)CC(C)=[C]1[Ti+3].[Cl-].[Cl-].[Cl-]. The van der Waals surface area contributed by atoms with Crippen molar-refractivity contribution in [2.75, 3.05) is 0 Å². The maximum Gasteiger partial charge on any atom is -1.00 e. The Morgan fingerprint density at radius 1 is 0.840 bits per heavy atom. The number of hydrogen-bond donors (Lipinski definition) is 0. The van der Waals surface area contributed by atoms with Crippen molar-refractivity contribution in [2.45, 2.75) is 26.7 Å². The van der Waals surface area contributed by atoms with E-state index in [2.05, 4.69) is 94.9 Å². The van der Waals surface area contributed by atoms with Crippen LogP contribution in [0.15, 0.2) is 80.9 Å². The number of hydrogen-bond acceptors (Lipinski definition) is 0. The summed E-state index contributed by atoms with van der Waals surface area (Å²) in [6.45, 7) is 4.61. The van der Waals surface area contributed by atoms with Crippen LogP contribution in [-0.4, -0.2) is 8.80 Å². The van der Waals surface area contributed by atoms with E-state index >= 15 is 0 Å². The predicted octanol–water partition coefficient (Wildman–Crippen LogP) is -5.49. The molecule has 130 valence electrons. The summed E-state index contributed by atoms with van der Waals surface area (Å²) in [7, 11) is -1.32. The molecule has 0 spiro atoms. The van der Waals surface area contributed by atoms with E-state index in [1.807, 2.05) is 0 Å². The fourth-order valence-electron chi connectivity index (χ4n) is 3.46. The van der Waals surface area contributed by atoms with Gasteiger partial charge in [-0.05, 0) is 0 Å². The van der Waals surface area contributed by atoms with Gasteiger partial charge in [-0.25, -0.2) is 0 Å². The van der Waals surface area contributed by atoms with Gasteiger partial charge in [0.1, 0.15) is 0 Å². The molecule has 0 atom stereocenters. The van der Waals surface area contributed by atoms with Gasteiger partial charge in [0.15, 0.2) is 0 Å². The zero-order chi connectivity index (χ0) is 15.5. The van der Waals surface area contributed by atoms with Crippen LogP contribution in [0.25, 0.3) is 0 Å². The molecule has 25 heavy (non-hydrogen) atoms. The molecule has 0 aromatic heterocycles. The molecule has 5 heteroatoms. The molecule has 0 nitrogen and oxygen atoms in total. The molecule has 0 unspecified atom stereocenters. The number of halogens is 3. The molecule has 1 aliphatic carbocycles. The molecule has 0 heterocycles. The summed E-state index contributed by atoms with van der Waals surface area (Å²) >= 11 is 2.31. The van der Waals surface area contributed by atoms with E-state index < -0.39 is 8.80 Å². The topological polar surface area (TPSA) is 0 Å². The Kier molecular flexibility index (Phi) is 11.3. The zero-order valence-corrected chi connectivity index (χ0v) is 19.4. The van der Waals surface area contributed by atoms with E-state index in [0.29, 0.717) is 0 Å². The van der Waals surface area contributed by atoms with Crippen molar-refractivity contribution in [3.05, 3.63) is 80.9 Å². The fraction of sp³-hybridized carbons (Fsp3) is 0.200. The molecule has 0 saturated carbocycles. The van der Waals surface area contributed by atoms with Crippen LogP contribution < -0.4 is 47.6 Å². The zero-order valence-electron chi connectivity index (χ0n) is 14.4. The molecule has 0 bridgehead atoms. The van der Waals surface area contributed by atoms with Crippen molar-refractivity contribution < 1.29 is 57.7 Å². The second-order valence-corrected chi connectivity index (χ2v) is 9.62. The molecule has 3 rings (SSSR count). The minimum absolute atomic E-state index is 0.